The molecule has 25 heteroatoms. The van der Waals surface area contributed by atoms with Gasteiger partial charge in [0.2, 0.25) is 0 Å². The normalized spacial score (nSPS) is 14.7. The number of hydrogen-bond acceptors (Lipinski definition) is 21. The lowest BCUT2D eigenvalue weighted by Crippen LogP contribution is -2.34. The van der Waals surface area contributed by atoms with Gasteiger partial charge in [-0.15, -0.1) is 0 Å². The highest BCUT2D eigenvalue weighted by Gasteiger charge is 2.40. The Morgan fingerprint density at radius 3 is 1.16 bits per heavy atom. The number of dihydropyridines is 2. The van der Waals surface area contributed by atoms with Crippen LogP contribution >= 0.6 is 0 Å². The van der Waals surface area contributed by atoms with Gasteiger partial charge in [-0.1, -0.05) is 24.3 Å². The number of esters is 4. The SMILES string of the molecule is CC1=C(C(=O)OCCNC(=O)c2cccnc2)C(c2cccc([N+](=O)[O-])c2)C(C(=O)OCCN(C)C)=C(C)N1.CC1=C(C(=O)OCCNC(=O)c2cccnc2)C(c2cccc([N+](=O)[O-])c2)C(C(=O)OCCN(C)C)=C(C)N1.CCO. The minimum Gasteiger partial charge on any atom is -0.461 e. The largest absolute Gasteiger partial charge is 0.461 e. The van der Waals surface area contributed by atoms with Crippen LogP contribution in [0.4, 0.5) is 11.4 Å². The van der Waals surface area contributed by atoms with Crippen molar-refractivity contribution in [2.75, 3.05) is 87.4 Å². The highest BCUT2D eigenvalue weighted by Crippen LogP contribution is 2.42. The van der Waals surface area contributed by atoms with Gasteiger partial charge in [0.15, 0.2) is 0 Å². The number of carbonyl (C=O) groups is 6. The molecule has 0 saturated carbocycles. The summed E-state index contributed by atoms with van der Waals surface area (Å²) in [4.78, 5) is 111. The van der Waals surface area contributed by atoms with Crippen LogP contribution in [-0.4, -0.2) is 158 Å². The molecule has 0 saturated heterocycles. The number of nitro groups is 2. The number of likely N-dealkylation sites (N-methyl/N-ethyl adjacent to an activating group) is 2. The van der Waals surface area contributed by atoms with Crippen LogP contribution in [0.25, 0.3) is 0 Å². The average Bonchev–Trinajstić information content (AvgIpc) is 3.62. The van der Waals surface area contributed by atoms with Crippen LogP contribution in [0.5, 0.6) is 0 Å². The maximum atomic E-state index is 13.3. The smallest absolute Gasteiger partial charge is 0.336 e. The van der Waals surface area contributed by atoms with Crippen LogP contribution in [0.3, 0.4) is 0 Å². The predicted octanol–water partition coefficient (Wildman–Crippen LogP) is 4.60. The van der Waals surface area contributed by atoms with Crippen LogP contribution < -0.4 is 21.3 Å². The Balaban J connectivity index is 0.000000332. The fourth-order valence-electron chi connectivity index (χ4n) is 8.14. The second-order valence-corrected chi connectivity index (χ2v) is 18.4. The van der Waals surface area contributed by atoms with Gasteiger partial charge in [-0.05, 0) is 98.2 Å². The molecule has 4 heterocycles. The molecule has 2 unspecified atom stereocenters. The summed E-state index contributed by atoms with van der Waals surface area (Å²) in [6.07, 6.45) is 5.93. The number of aliphatic hydroxyl groups excluding tert-OH is 1. The van der Waals surface area contributed by atoms with Gasteiger partial charge in [0.25, 0.3) is 23.2 Å². The van der Waals surface area contributed by atoms with E-state index in [4.69, 9.17) is 24.1 Å². The van der Waals surface area contributed by atoms with E-state index in [1.807, 2.05) is 38.0 Å². The van der Waals surface area contributed by atoms with Crippen molar-refractivity contribution in [2.24, 2.45) is 0 Å². The summed E-state index contributed by atoms with van der Waals surface area (Å²) in [6.45, 7) is 9.58. The molecule has 432 valence electrons. The first kappa shape index (κ1) is 64.3. The maximum Gasteiger partial charge on any atom is 0.336 e. The van der Waals surface area contributed by atoms with E-state index < -0.39 is 45.6 Å². The van der Waals surface area contributed by atoms with E-state index in [-0.39, 0.29) is 91.6 Å². The Morgan fingerprint density at radius 1 is 0.556 bits per heavy atom. The minimum atomic E-state index is -0.976. The molecule has 0 aliphatic carbocycles. The molecular weight excluding hydrogens is 1050 g/mol. The lowest BCUT2D eigenvalue weighted by atomic mass is 9.80. The number of nitrogens with one attached hydrogen (secondary N) is 4. The van der Waals surface area contributed by atoms with Gasteiger partial charge in [0, 0.05) is 91.5 Å². The molecule has 2 amide bonds. The van der Waals surface area contributed by atoms with Gasteiger partial charge >= 0.3 is 23.9 Å². The van der Waals surface area contributed by atoms with Crippen molar-refractivity contribution < 1.29 is 62.7 Å². The Labute approximate surface area is 468 Å². The molecule has 0 radical (unpaired) electrons. The van der Waals surface area contributed by atoms with Crippen molar-refractivity contribution in [3.63, 3.8) is 0 Å². The third-order valence-electron chi connectivity index (χ3n) is 11.9. The van der Waals surface area contributed by atoms with Crippen molar-refractivity contribution in [1.82, 2.24) is 41.0 Å². The molecule has 0 bridgehead atoms. The highest BCUT2D eigenvalue weighted by molar-refractivity contribution is 6.01. The van der Waals surface area contributed by atoms with Crippen molar-refractivity contribution in [3.8, 4) is 0 Å². The number of hydrogen-bond donors (Lipinski definition) is 5. The van der Waals surface area contributed by atoms with Gasteiger partial charge in [-0.3, -0.25) is 39.8 Å². The molecule has 2 aromatic carbocycles. The monoisotopic (exact) mass is 1120 g/mol. The Bertz CT molecular complexity index is 2830. The van der Waals surface area contributed by atoms with Gasteiger partial charge in [-0.2, -0.15) is 0 Å². The van der Waals surface area contributed by atoms with E-state index in [0.29, 0.717) is 58.1 Å². The van der Waals surface area contributed by atoms with E-state index in [9.17, 15) is 49.0 Å². The van der Waals surface area contributed by atoms with Crippen molar-refractivity contribution >= 4 is 47.1 Å². The fourth-order valence-corrected chi connectivity index (χ4v) is 8.14. The summed E-state index contributed by atoms with van der Waals surface area (Å²) >= 11 is 0. The van der Waals surface area contributed by atoms with Crippen LogP contribution in [0, 0.1) is 20.2 Å². The topological polar surface area (TPSA) is 326 Å². The fraction of sp³-hybridized carbons (Fsp3) is 0.357. The van der Waals surface area contributed by atoms with Gasteiger partial charge in [0.05, 0.1) is 68.2 Å². The first-order valence-corrected chi connectivity index (χ1v) is 25.4. The van der Waals surface area contributed by atoms with Crippen molar-refractivity contribution in [3.05, 3.63) is 185 Å². The summed E-state index contributed by atoms with van der Waals surface area (Å²) in [5.74, 6) is -5.48. The van der Waals surface area contributed by atoms with Crippen molar-refractivity contribution in [1.29, 1.82) is 0 Å². The molecule has 2 atom stereocenters. The summed E-state index contributed by atoms with van der Waals surface area (Å²) in [7, 11) is 7.36. The molecule has 5 N–H and O–H groups in total. The molecule has 4 aromatic rings. The van der Waals surface area contributed by atoms with Crippen molar-refractivity contribution in [2.45, 2.75) is 46.5 Å². The average molecular weight is 1120 g/mol. The maximum absolute atomic E-state index is 13.3. The summed E-state index contributed by atoms with van der Waals surface area (Å²) in [5, 5.41) is 41.9. The molecule has 6 rings (SSSR count). The number of nitro benzene ring substituents is 2. The Hall–Kier alpha value is -9.20. The summed E-state index contributed by atoms with van der Waals surface area (Å²) < 4.78 is 21.9. The lowest BCUT2D eigenvalue weighted by Gasteiger charge is -2.30. The number of aliphatic hydroxyl groups is 1. The lowest BCUT2D eigenvalue weighted by molar-refractivity contribution is -0.385. The zero-order chi connectivity index (χ0) is 59.8. The van der Waals surface area contributed by atoms with Crippen LogP contribution in [0.1, 0.15) is 78.3 Å². The number of rotatable bonds is 22. The van der Waals surface area contributed by atoms with E-state index in [2.05, 4.69) is 31.2 Å². The number of amides is 2. The molecular formula is C56H68N10O15. The molecule has 81 heavy (non-hydrogen) atoms. The molecule has 25 nitrogen and oxygen atoms in total. The van der Waals surface area contributed by atoms with Crippen LogP contribution in [0.2, 0.25) is 0 Å². The third kappa shape index (κ3) is 19.0. The number of benzene rings is 2. The molecule has 0 spiro atoms. The first-order chi connectivity index (χ1) is 38.6. The number of non-ortho nitro benzene ring substituents is 2. The van der Waals surface area contributed by atoms with Gasteiger partial charge in [-0.25, -0.2) is 19.2 Å². The van der Waals surface area contributed by atoms with Gasteiger partial charge in [0.1, 0.15) is 26.4 Å². The van der Waals surface area contributed by atoms with E-state index in [1.54, 1.807) is 83.4 Å². The number of pyridine rings is 2. The number of nitrogens with zero attached hydrogens (tertiary/aromatic N) is 6. The molecule has 2 aliphatic rings. The number of carbonyl (C=O) groups excluding carboxylic acids is 6. The Morgan fingerprint density at radius 2 is 0.877 bits per heavy atom. The molecule has 2 aromatic heterocycles. The number of aromatic nitrogens is 2. The molecule has 2 aliphatic heterocycles. The zero-order valence-electron chi connectivity index (χ0n) is 46.6. The zero-order valence-corrected chi connectivity index (χ0v) is 46.6. The van der Waals surface area contributed by atoms with E-state index in [1.165, 1.54) is 48.8 Å². The quantitative estimate of drug-likeness (QED) is 0.0236. The Kier molecular flexibility index (Phi) is 25.4. The second kappa shape index (κ2) is 32.0. The summed E-state index contributed by atoms with van der Waals surface area (Å²) in [6, 6.07) is 18.0. The van der Waals surface area contributed by atoms with E-state index >= 15 is 0 Å². The highest BCUT2D eigenvalue weighted by atomic mass is 16.6. The first-order valence-electron chi connectivity index (χ1n) is 25.4. The number of ether oxygens (including phenoxy) is 4. The second-order valence-electron chi connectivity index (χ2n) is 18.4. The number of allylic oxidation sites excluding steroid dienone is 4. The van der Waals surface area contributed by atoms with Crippen LogP contribution in [-0.2, 0) is 38.1 Å². The third-order valence-corrected chi connectivity index (χ3v) is 11.9. The van der Waals surface area contributed by atoms with Crippen LogP contribution in [0.15, 0.2) is 143 Å². The minimum absolute atomic E-state index is 0.0367. The summed E-state index contributed by atoms with van der Waals surface area (Å²) in [5.41, 5.74) is 3.37. The standard InChI is InChI=1S/2C27H31N5O7.C2H6O/c2*1-17-22(26(34)38-13-11-29-25(33)20-8-6-10-28-16-20)24(19-7-5-9-21(15-19)32(36)37)23(18(2)30-17)27(35)39-14-12-31(3)4;1-2-3/h2*5-10,15-16,24,30H,11-14H2,1-4H3,(H,29,33);3H,2H2,1H3. The van der Waals surface area contributed by atoms with E-state index in [0.717, 1.165) is 0 Å². The predicted molar refractivity (Wildman–Crippen MR) is 296 cm³/mol. The van der Waals surface area contributed by atoms with Gasteiger partial charge < -0.3 is 55.1 Å². The molecule has 0 fully saturated rings.